The highest BCUT2D eigenvalue weighted by Gasteiger charge is 2.11. The molecule has 0 unspecified atom stereocenters. The Morgan fingerprint density at radius 2 is 2.07 bits per heavy atom. The fourth-order valence-corrected chi connectivity index (χ4v) is 3.92. The van der Waals surface area contributed by atoms with Gasteiger partial charge in [-0.3, -0.25) is 9.59 Å². The monoisotopic (exact) mass is 399 g/mol. The van der Waals surface area contributed by atoms with E-state index >= 15 is 0 Å². The van der Waals surface area contributed by atoms with E-state index in [1.54, 1.807) is 6.26 Å². The third kappa shape index (κ3) is 5.66. The number of fused-ring (bicyclic) bond motifs is 1. The molecule has 0 radical (unpaired) electrons. The number of carbonyl (C=O) groups is 2. The van der Waals surface area contributed by atoms with E-state index in [1.165, 1.54) is 11.3 Å². The molecular weight excluding hydrogens is 374 g/mol. The molecule has 0 spiro atoms. The van der Waals surface area contributed by atoms with Crippen molar-refractivity contribution in [1.82, 2.24) is 10.3 Å². The van der Waals surface area contributed by atoms with Gasteiger partial charge in [-0.15, -0.1) is 0 Å². The van der Waals surface area contributed by atoms with E-state index in [4.69, 9.17) is 4.42 Å². The summed E-state index contributed by atoms with van der Waals surface area (Å²) >= 11 is 1.46. The van der Waals surface area contributed by atoms with Crippen LogP contribution in [0.5, 0.6) is 0 Å². The van der Waals surface area contributed by atoms with Crippen molar-refractivity contribution < 1.29 is 14.0 Å². The third-order valence-electron chi connectivity index (χ3n) is 4.31. The first-order valence-electron chi connectivity index (χ1n) is 9.54. The summed E-state index contributed by atoms with van der Waals surface area (Å²) in [6.45, 7) is 3.94. The number of rotatable bonds is 9. The van der Waals surface area contributed by atoms with Crippen molar-refractivity contribution in [3.63, 3.8) is 0 Å². The molecule has 0 fully saturated rings. The van der Waals surface area contributed by atoms with Crippen molar-refractivity contribution in [2.45, 2.75) is 52.0 Å². The lowest BCUT2D eigenvalue weighted by Crippen LogP contribution is -2.34. The quantitative estimate of drug-likeness (QED) is 0.562. The Kier molecular flexibility index (Phi) is 6.81. The number of nitrogens with zero attached hydrogens (tertiary/aromatic N) is 1. The van der Waals surface area contributed by atoms with Gasteiger partial charge in [-0.25, -0.2) is 4.98 Å². The van der Waals surface area contributed by atoms with E-state index in [1.807, 2.05) is 44.2 Å². The second kappa shape index (κ2) is 9.50. The Morgan fingerprint density at radius 3 is 2.82 bits per heavy atom. The van der Waals surface area contributed by atoms with Crippen molar-refractivity contribution >= 4 is 38.5 Å². The van der Waals surface area contributed by atoms with Crippen molar-refractivity contribution in [2.75, 3.05) is 5.32 Å². The van der Waals surface area contributed by atoms with Gasteiger partial charge in [0.1, 0.15) is 5.76 Å². The molecule has 0 aliphatic carbocycles. The van der Waals surface area contributed by atoms with E-state index in [0.29, 0.717) is 30.8 Å². The van der Waals surface area contributed by atoms with Gasteiger partial charge in [0.25, 0.3) is 0 Å². The van der Waals surface area contributed by atoms with Crippen LogP contribution in [0.1, 0.15) is 44.4 Å². The zero-order valence-corrected chi connectivity index (χ0v) is 17.0. The Bertz CT molecular complexity index is 934. The fourth-order valence-electron chi connectivity index (χ4n) is 2.97. The fraction of sp³-hybridized carbons (Fsp3) is 0.381. The molecule has 7 heteroatoms. The van der Waals surface area contributed by atoms with Crippen molar-refractivity contribution in [2.24, 2.45) is 0 Å². The summed E-state index contributed by atoms with van der Waals surface area (Å²) in [5, 5.41) is 6.47. The number of benzene rings is 1. The van der Waals surface area contributed by atoms with Gasteiger partial charge in [0, 0.05) is 25.3 Å². The van der Waals surface area contributed by atoms with Crippen LogP contribution in [0.15, 0.2) is 41.0 Å². The largest absolute Gasteiger partial charge is 0.469 e. The second-order valence-electron chi connectivity index (χ2n) is 6.87. The Morgan fingerprint density at radius 1 is 1.21 bits per heavy atom. The maximum absolute atomic E-state index is 12.2. The predicted octanol–water partition coefficient (Wildman–Crippen LogP) is 4.31. The smallest absolute Gasteiger partial charge is 0.226 e. The van der Waals surface area contributed by atoms with Gasteiger partial charge in [-0.1, -0.05) is 24.3 Å². The maximum atomic E-state index is 12.2. The van der Waals surface area contributed by atoms with Gasteiger partial charge >= 0.3 is 0 Å². The molecule has 0 saturated carbocycles. The summed E-state index contributed by atoms with van der Waals surface area (Å²) in [7, 11) is 0. The molecule has 28 heavy (non-hydrogen) atoms. The number of aryl methyl sites for hydroxylation is 1. The molecule has 0 aliphatic rings. The van der Waals surface area contributed by atoms with E-state index in [-0.39, 0.29) is 17.9 Å². The molecule has 3 aromatic rings. The van der Waals surface area contributed by atoms with E-state index in [2.05, 4.69) is 15.6 Å². The number of nitrogens with one attached hydrogen (secondary N) is 2. The van der Waals surface area contributed by atoms with Crippen molar-refractivity contribution in [3.8, 4) is 0 Å². The van der Waals surface area contributed by atoms with Gasteiger partial charge in [-0.05, 0) is 49.6 Å². The standard InChI is InChI=1S/C21H25N3O3S/c1-3-5-19(25)24-21-23-17-9-7-15(13-18(17)28-21)8-10-20(26)22-14(2)12-16-6-4-11-27-16/h4,6-7,9,11,13-14H,3,5,8,10,12H2,1-2H3,(H,22,26)(H,23,24,25)/t14-/m0/s1. The highest BCUT2D eigenvalue weighted by molar-refractivity contribution is 7.22. The summed E-state index contributed by atoms with van der Waals surface area (Å²) in [6, 6.07) is 9.75. The van der Waals surface area contributed by atoms with Crippen LogP contribution in [0.2, 0.25) is 0 Å². The number of furan rings is 1. The average Bonchev–Trinajstić information content (AvgIpc) is 3.28. The minimum absolute atomic E-state index is 0.0119. The predicted molar refractivity (Wildman–Crippen MR) is 111 cm³/mol. The van der Waals surface area contributed by atoms with E-state index in [0.717, 1.165) is 28.0 Å². The van der Waals surface area contributed by atoms with Gasteiger partial charge in [0.05, 0.1) is 16.5 Å². The highest BCUT2D eigenvalue weighted by atomic mass is 32.1. The second-order valence-corrected chi connectivity index (χ2v) is 7.90. The zero-order chi connectivity index (χ0) is 19.9. The van der Waals surface area contributed by atoms with Crippen LogP contribution < -0.4 is 10.6 Å². The summed E-state index contributed by atoms with van der Waals surface area (Å²) in [5.41, 5.74) is 1.94. The zero-order valence-electron chi connectivity index (χ0n) is 16.2. The maximum Gasteiger partial charge on any atom is 0.226 e. The van der Waals surface area contributed by atoms with E-state index < -0.39 is 0 Å². The molecule has 148 valence electrons. The number of anilines is 1. The third-order valence-corrected chi connectivity index (χ3v) is 5.25. The first-order chi connectivity index (χ1) is 13.5. The molecular formula is C21H25N3O3S. The number of hydrogen-bond acceptors (Lipinski definition) is 5. The van der Waals surface area contributed by atoms with Gasteiger partial charge in [-0.2, -0.15) is 0 Å². The van der Waals surface area contributed by atoms with Gasteiger partial charge in [0.2, 0.25) is 11.8 Å². The lowest BCUT2D eigenvalue weighted by atomic mass is 10.1. The molecule has 0 bridgehead atoms. The number of carbonyl (C=O) groups excluding carboxylic acids is 2. The minimum atomic E-state index is -0.0119. The Hall–Kier alpha value is -2.67. The Labute approximate surface area is 168 Å². The molecule has 2 aromatic heterocycles. The molecule has 0 saturated heterocycles. The lowest BCUT2D eigenvalue weighted by molar-refractivity contribution is -0.121. The van der Waals surface area contributed by atoms with Crippen LogP contribution in [0.4, 0.5) is 5.13 Å². The average molecular weight is 400 g/mol. The highest BCUT2D eigenvalue weighted by Crippen LogP contribution is 2.27. The van der Waals surface area contributed by atoms with Crippen molar-refractivity contribution in [1.29, 1.82) is 0 Å². The SMILES string of the molecule is CCCC(=O)Nc1nc2ccc(CCC(=O)N[C@@H](C)Cc3ccco3)cc2s1. The van der Waals surface area contributed by atoms with E-state index in [9.17, 15) is 9.59 Å². The van der Waals surface area contributed by atoms with Crippen LogP contribution >= 0.6 is 11.3 Å². The Balaban J connectivity index is 1.52. The van der Waals surface area contributed by atoms with Crippen LogP contribution in [0, 0.1) is 0 Å². The topological polar surface area (TPSA) is 84.2 Å². The summed E-state index contributed by atoms with van der Waals surface area (Å²) < 4.78 is 6.32. The van der Waals surface area contributed by atoms with Crippen LogP contribution in [0.25, 0.3) is 10.2 Å². The number of hydrogen-bond donors (Lipinski definition) is 2. The van der Waals surface area contributed by atoms with Crippen LogP contribution in [-0.2, 0) is 22.4 Å². The number of thiazole rings is 1. The summed E-state index contributed by atoms with van der Waals surface area (Å²) in [6.07, 6.45) is 4.70. The first kappa shape index (κ1) is 20.1. The summed E-state index contributed by atoms with van der Waals surface area (Å²) in [5.74, 6) is 0.878. The van der Waals surface area contributed by atoms with Crippen molar-refractivity contribution in [3.05, 3.63) is 47.9 Å². The molecule has 1 aromatic carbocycles. The molecule has 2 heterocycles. The van der Waals surface area contributed by atoms with Crippen LogP contribution in [0.3, 0.4) is 0 Å². The molecule has 1 atom stereocenters. The number of amides is 2. The lowest BCUT2D eigenvalue weighted by Gasteiger charge is -2.12. The molecule has 2 amide bonds. The number of aromatic nitrogens is 1. The first-order valence-corrected chi connectivity index (χ1v) is 10.4. The normalized spacial score (nSPS) is 12.1. The summed E-state index contributed by atoms with van der Waals surface area (Å²) in [4.78, 5) is 28.4. The van der Waals surface area contributed by atoms with Gasteiger partial charge in [0.15, 0.2) is 5.13 Å². The molecule has 6 nitrogen and oxygen atoms in total. The molecule has 2 N–H and O–H groups in total. The van der Waals surface area contributed by atoms with Gasteiger partial charge < -0.3 is 15.1 Å². The molecule has 0 aliphatic heterocycles. The minimum Gasteiger partial charge on any atom is -0.469 e. The molecule has 3 rings (SSSR count). The van der Waals surface area contributed by atoms with Crippen LogP contribution in [-0.4, -0.2) is 22.8 Å².